The smallest absolute Gasteiger partial charge is 0.168 e. The fourth-order valence-corrected chi connectivity index (χ4v) is 2.97. The zero-order chi connectivity index (χ0) is 17.4. The molecule has 0 saturated carbocycles. The van der Waals surface area contributed by atoms with Crippen LogP contribution in [0.15, 0.2) is 36.9 Å². The quantitative estimate of drug-likeness (QED) is 0.591. The van der Waals surface area contributed by atoms with E-state index in [0.717, 1.165) is 37.0 Å². The average molecular weight is 334 g/mol. The van der Waals surface area contributed by atoms with Crippen molar-refractivity contribution in [2.24, 2.45) is 0 Å². The molecule has 0 amide bonds. The fraction of sp³-hybridized carbons (Fsp3) is 0.600. The second-order valence-electron chi connectivity index (χ2n) is 6.15. The molecule has 2 atom stereocenters. The molecule has 0 radical (unpaired) electrons. The Kier molecular flexibility index (Phi) is 7.28. The van der Waals surface area contributed by atoms with Crippen LogP contribution in [-0.2, 0) is 20.8 Å². The van der Waals surface area contributed by atoms with Gasteiger partial charge in [0, 0.05) is 0 Å². The second kappa shape index (κ2) is 9.21. The third-order valence-corrected chi connectivity index (χ3v) is 4.65. The summed E-state index contributed by atoms with van der Waals surface area (Å²) in [6, 6.07) is 7.95. The van der Waals surface area contributed by atoms with Crippen LogP contribution in [0.1, 0.15) is 45.1 Å². The minimum atomic E-state index is -0.444. The molecular weight excluding hydrogens is 304 g/mol. The normalized spacial score (nSPS) is 20.7. The molecule has 1 fully saturated rings. The highest BCUT2D eigenvalue weighted by atomic mass is 16.8. The van der Waals surface area contributed by atoms with E-state index in [0.29, 0.717) is 13.2 Å². The molecule has 0 spiro atoms. The summed E-state index contributed by atoms with van der Waals surface area (Å²) in [4.78, 5) is 0. The summed E-state index contributed by atoms with van der Waals surface area (Å²) in [5.74, 6) is 0.408. The van der Waals surface area contributed by atoms with Gasteiger partial charge in [-0.25, -0.2) is 0 Å². The zero-order valence-corrected chi connectivity index (χ0v) is 15.1. The molecule has 134 valence electrons. The first-order chi connectivity index (χ1) is 11.7. The van der Waals surface area contributed by atoms with E-state index in [1.165, 1.54) is 0 Å². The third-order valence-electron chi connectivity index (χ3n) is 4.65. The molecule has 1 aromatic rings. The standard InChI is InChI=1S/C20H30O4/c1-5-8-9-18(19-15-23-20(6-2,7-3)24-19)22-14-16-10-12-17(21-4)13-11-16/h5,10-13,18-19H,1,6-9,14-15H2,2-4H3/t18-,19-/m0/s1. The Morgan fingerprint density at radius 3 is 2.54 bits per heavy atom. The van der Waals surface area contributed by atoms with Crippen molar-refractivity contribution in [1.29, 1.82) is 0 Å². The largest absolute Gasteiger partial charge is 0.497 e. The predicted octanol–water partition coefficient (Wildman–Crippen LogP) is 4.48. The summed E-state index contributed by atoms with van der Waals surface area (Å²) < 4.78 is 23.5. The molecule has 1 aliphatic heterocycles. The van der Waals surface area contributed by atoms with Crippen molar-refractivity contribution in [3.63, 3.8) is 0 Å². The first kappa shape index (κ1) is 19.0. The summed E-state index contributed by atoms with van der Waals surface area (Å²) in [5.41, 5.74) is 1.12. The Labute approximate surface area is 145 Å². The molecular formula is C20H30O4. The molecule has 24 heavy (non-hydrogen) atoms. The van der Waals surface area contributed by atoms with Gasteiger partial charge < -0.3 is 18.9 Å². The molecule has 1 heterocycles. The molecule has 0 aliphatic carbocycles. The Morgan fingerprint density at radius 2 is 2.00 bits per heavy atom. The first-order valence-electron chi connectivity index (χ1n) is 8.83. The van der Waals surface area contributed by atoms with Gasteiger partial charge in [-0.3, -0.25) is 0 Å². The molecule has 0 unspecified atom stereocenters. The van der Waals surface area contributed by atoms with Crippen LogP contribution in [0.3, 0.4) is 0 Å². The molecule has 0 aromatic heterocycles. The lowest BCUT2D eigenvalue weighted by Crippen LogP contribution is -2.35. The molecule has 4 heteroatoms. The van der Waals surface area contributed by atoms with E-state index in [9.17, 15) is 0 Å². The van der Waals surface area contributed by atoms with Crippen molar-refractivity contribution in [3.8, 4) is 5.75 Å². The van der Waals surface area contributed by atoms with Crippen molar-refractivity contribution >= 4 is 0 Å². The molecule has 4 nitrogen and oxygen atoms in total. The monoisotopic (exact) mass is 334 g/mol. The number of rotatable bonds is 10. The number of methoxy groups -OCH3 is 1. The van der Waals surface area contributed by atoms with Crippen LogP contribution in [0.4, 0.5) is 0 Å². The van der Waals surface area contributed by atoms with Gasteiger partial charge in [-0.05, 0) is 43.4 Å². The lowest BCUT2D eigenvalue weighted by molar-refractivity contribution is -0.186. The minimum Gasteiger partial charge on any atom is -0.497 e. The van der Waals surface area contributed by atoms with Crippen molar-refractivity contribution in [1.82, 2.24) is 0 Å². The maximum Gasteiger partial charge on any atom is 0.168 e. The lowest BCUT2D eigenvalue weighted by Gasteiger charge is -2.28. The van der Waals surface area contributed by atoms with Crippen molar-refractivity contribution in [2.75, 3.05) is 13.7 Å². The third kappa shape index (κ3) is 4.82. The summed E-state index contributed by atoms with van der Waals surface area (Å²) in [6.45, 7) is 9.16. The maximum absolute atomic E-state index is 6.23. The average Bonchev–Trinajstić information content (AvgIpc) is 3.07. The van der Waals surface area contributed by atoms with Crippen LogP contribution < -0.4 is 4.74 Å². The van der Waals surface area contributed by atoms with Crippen LogP contribution in [0.2, 0.25) is 0 Å². The van der Waals surface area contributed by atoms with Crippen LogP contribution >= 0.6 is 0 Å². The van der Waals surface area contributed by atoms with Crippen molar-refractivity contribution < 1.29 is 18.9 Å². The lowest BCUT2D eigenvalue weighted by atomic mass is 10.1. The number of hydrogen-bond donors (Lipinski definition) is 0. The van der Waals surface area contributed by atoms with Gasteiger partial charge in [-0.15, -0.1) is 6.58 Å². The zero-order valence-electron chi connectivity index (χ0n) is 15.1. The molecule has 1 saturated heterocycles. The summed E-state index contributed by atoms with van der Waals surface area (Å²) >= 11 is 0. The van der Waals surface area contributed by atoms with Gasteiger partial charge in [0.25, 0.3) is 0 Å². The molecule has 1 aromatic carbocycles. The van der Waals surface area contributed by atoms with E-state index in [1.54, 1.807) is 7.11 Å². The molecule has 0 bridgehead atoms. The highest BCUT2D eigenvalue weighted by molar-refractivity contribution is 5.26. The number of benzene rings is 1. The highest BCUT2D eigenvalue weighted by Crippen LogP contribution is 2.33. The van der Waals surface area contributed by atoms with Crippen LogP contribution in [0.25, 0.3) is 0 Å². The van der Waals surface area contributed by atoms with Crippen LogP contribution in [0, 0.1) is 0 Å². The first-order valence-corrected chi connectivity index (χ1v) is 8.83. The Morgan fingerprint density at radius 1 is 1.29 bits per heavy atom. The van der Waals surface area contributed by atoms with Gasteiger partial charge in [-0.2, -0.15) is 0 Å². The molecule has 0 N–H and O–H groups in total. The summed E-state index contributed by atoms with van der Waals surface area (Å²) in [7, 11) is 1.67. The molecule has 1 aliphatic rings. The van der Waals surface area contributed by atoms with Gasteiger partial charge >= 0.3 is 0 Å². The van der Waals surface area contributed by atoms with Crippen LogP contribution in [0.5, 0.6) is 5.75 Å². The maximum atomic E-state index is 6.23. The van der Waals surface area contributed by atoms with Gasteiger partial charge in [0.05, 0.1) is 26.4 Å². The SMILES string of the molecule is C=CCC[C@H](OCc1ccc(OC)cc1)[C@@H]1COC(CC)(CC)O1. The Balaban J connectivity index is 1.96. The van der Waals surface area contributed by atoms with Crippen LogP contribution in [-0.4, -0.2) is 31.7 Å². The van der Waals surface area contributed by atoms with Gasteiger partial charge in [-0.1, -0.05) is 32.1 Å². The van der Waals surface area contributed by atoms with Crippen molar-refractivity contribution in [3.05, 3.63) is 42.5 Å². The number of ether oxygens (including phenoxy) is 4. The van der Waals surface area contributed by atoms with E-state index in [4.69, 9.17) is 18.9 Å². The van der Waals surface area contributed by atoms with Gasteiger partial charge in [0.1, 0.15) is 11.9 Å². The predicted molar refractivity (Wildman–Crippen MR) is 95.1 cm³/mol. The van der Waals surface area contributed by atoms with E-state index in [2.05, 4.69) is 20.4 Å². The van der Waals surface area contributed by atoms with Gasteiger partial charge in [0.15, 0.2) is 5.79 Å². The summed E-state index contributed by atoms with van der Waals surface area (Å²) in [6.07, 6.45) is 5.40. The minimum absolute atomic E-state index is 0.00470. The summed E-state index contributed by atoms with van der Waals surface area (Å²) in [5, 5.41) is 0. The topological polar surface area (TPSA) is 36.9 Å². The van der Waals surface area contributed by atoms with E-state index >= 15 is 0 Å². The molecule has 2 rings (SSSR count). The number of allylic oxidation sites excluding steroid dienone is 1. The highest BCUT2D eigenvalue weighted by Gasteiger charge is 2.41. The Bertz CT molecular complexity index is 493. The fourth-order valence-electron chi connectivity index (χ4n) is 2.97. The van der Waals surface area contributed by atoms with E-state index in [1.807, 2.05) is 30.3 Å². The van der Waals surface area contributed by atoms with E-state index in [-0.39, 0.29) is 12.2 Å². The Hall–Kier alpha value is -1.36. The van der Waals surface area contributed by atoms with Gasteiger partial charge in [0.2, 0.25) is 0 Å². The van der Waals surface area contributed by atoms with Crippen molar-refractivity contribution in [2.45, 2.75) is 64.1 Å². The number of hydrogen-bond acceptors (Lipinski definition) is 4. The second-order valence-corrected chi connectivity index (χ2v) is 6.15. The van der Waals surface area contributed by atoms with E-state index < -0.39 is 5.79 Å².